The fraction of sp³-hybridized carbons (Fsp3) is 0.562. The number of likely N-dealkylation sites (N-methyl/N-ethyl adjacent to an activating group) is 1. The molecule has 0 spiro atoms. The van der Waals surface area contributed by atoms with Gasteiger partial charge in [-0.2, -0.15) is 0 Å². The summed E-state index contributed by atoms with van der Waals surface area (Å²) in [4.78, 5) is 15.4. The number of benzene rings is 1. The average Bonchev–Trinajstić information content (AvgIpc) is 2.36. The van der Waals surface area contributed by atoms with Gasteiger partial charge in [0, 0.05) is 25.3 Å². The fourth-order valence-electron chi connectivity index (χ4n) is 2.10. The molecule has 1 aromatic rings. The summed E-state index contributed by atoms with van der Waals surface area (Å²) < 4.78 is 0. The van der Waals surface area contributed by atoms with Crippen LogP contribution in [0.15, 0.2) is 18.2 Å². The fourth-order valence-corrected chi connectivity index (χ4v) is 2.10. The first-order valence-electron chi connectivity index (χ1n) is 7.01. The Balaban J connectivity index is 2.96. The first-order valence-corrected chi connectivity index (χ1v) is 7.01. The van der Waals surface area contributed by atoms with Crippen LogP contribution in [0.4, 0.5) is 5.69 Å². The number of hydrogen-bond donors (Lipinski definition) is 1. The van der Waals surface area contributed by atoms with E-state index in [2.05, 4.69) is 41.8 Å². The highest BCUT2D eigenvalue weighted by atomic mass is 16.4. The Labute approximate surface area is 122 Å². The van der Waals surface area contributed by atoms with E-state index in [0.29, 0.717) is 6.54 Å². The van der Waals surface area contributed by atoms with Crippen LogP contribution in [0.1, 0.15) is 18.1 Å². The van der Waals surface area contributed by atoms with Crippen LogP contribution >= 0.6 is 0 Å². The van der Waals surface area contributed by atoms with Gasteiger partial charge in [-0.05, 0) is 45.1 Å². The van der Waals surface area contributed by atoms with Gasteiger partial charge in [-0.3, -0.25) is 4.79 Å². The lowest BCUT2D eigenvalue weighted by Crippen LogP contribution is -2.37. The average molecular weight is 278 g/mol. The Hall–Kier alpha value is -1.55. The maximum absolute atomic E-state index is 11.1. The summed E-state index contributed by atoms with van der Waals surface area (Å²) in [5, 5.41) is 9.14. The second-order valence-corrected chi connectivity index (χ2v) is 5.78. The van der Waals surface area contributed by atoms with Gasteiger partial charge in [0.15, 0.2) is 0 Å². The third-order valence-electron chi connectivity index (χ3n) is 3.44. The van der Waals surface area contributed by atoms with Crippen molar-refractivity contribution in [2.24, 2.45) is 5.92 Å². The summed E-state index contributed by atoms with van der Waals surface area (Å²) in [6, 6.07) is 6.32. The Morgan fingerprint density at radius 2 is 1.90 bits per heavy atom. The van der Waals surface area contributed by atoms with E-state index in [9.17, 15) is 4.79 Å². The van der Waals surface area contributed by atoms with Crippen molar-refractivity contribution in [1.29, 1.82) is 0 Å². The topological polar surface area (TPSA) is 43.8 Å². The quantitative estimate of drug-likeness (QED) is 0.832. The van der Waals surface area contributed by atoms with Crippen molar-refractivity contribution in [2.75, 3.05) is 38.6 Å². The number of rotatable bonds is 7. The summed E-state index contributed by atoms with van der Waals surface area (Å²) in [7, 11) is 4.06. The van der Waals surface area contributed by atoms with E-state index in [0.717, 1.165) is 18.8 Å². The number of carbonyl (C=O) groups is 1. The molecule has 1 rings (SSSR count). The molecule has 112 valence electrons. The van der Waals surface area contributed by atoms with Gasteiger partial charge in [0.1, 0.15) is 0 Å². The molecular weight excluding hydrogens is 252 g/mol. The minimum Gasteiger partial charge on any atom is -0.481 e. The van der Waals surface area contributed by atoms with E-state index in [1.54, 1.807) is 6.92 Å². The van der Waals surface area contributed by atoms with Crippen molar-refractivity contribution in [2.45, 2.75) is 20.8 Å². The number of carboxylic acid groups (broad SMARTS) is 1. The van der Waals surface area contributed by atoms with E-state index >= 15 is 0 Å². The molecule has 0 radical (unpaired) electrons. The molecule has 0 amide bonds. The first kappa shape index (κ1) is 16.5. The number of carboxylic acids is 1. The zero-order valence-electron chi connectivity index (χ0n) is 13.2. The van der Waals surface area contributed by atoms with E-state index in [1.807, 2.05) is 14.1 Å². The van der Waals surface area contributed by atoms with Crippen LogP contribution in [-0.2, 0) is 4.79 Å². The van der Waals surface area contributed by atoms with Gasteiger partial charge in [0.05, 0.1) is 5.92 Å². The standard InChI is InChI=1S/C16H26N2O2/c1-12-6-7-13(2)15(10-12)18(9-8-17(4)5)11-14(3)16(19)20/h6-7,10,14H,8-9,11H2,1-5H3,(H,19,20). The summed E-state index contributed by atoms with van der Waals surface area (Å²) in [6.45, 7) is 8.16. The maximum Gasteiger partial charge on any atom is 0.308 e. The van der Waals surface area contributed by atoms with E-state index < -0.39 is 5.97 Å². The molecule has 1 atom stereocenters. The zero-order chi connectivity index (χ0) is 15.3. The van der Waals surface area contributed by atoms with Crippen molar-refractivity contribution >= 4 is 11.7 Å². The van der Waals surface area contributed by atoms with E-state index in [4.69, 9.17) is 5.11 Å². The smallest absolute Gasteiger partial charge is 0.308 e. The molecule has 0 aliphatic rings. The molecule has 0 bridgehead atoms. The number of aryl methyl sites for hydroxylation is 2. The first-order chi connectivity index (χ1) is 9.31. The van der Waals surface area contributed by atoms with Crippen molar-refractivity contribution in [3.8, 4) is 0 Å². The van der Waals surface area contributed by atoms with Gasteiger partial charge < -0.3 is 14.9 Å². The lowest BCUT2D eigenvalue weighted by Gasteiger charge is -2.29. The molecular formula is C16H26N2O2. The van der Waals surface area contributed by atoms with Gasteiger partial charge in [0.2, 0.25) is 0 Å². The number of aliphatic carboxylic acids is 1. The van der Waals surface area contributed by atoms with Crippen LogP contribution in [0, 0.1) is 19.8 Å². The second-order valence-electron chi connectivity index (χ2n) is 5.78. The van der Waals surface area contributed by atoms with Gasteiger partial charge in [0.25, 0.3) is 0 Å². The monoisotopic (exact) mass is 278 g/mol. The van der Waals surface area contributed by atoms with Crippen LogP contribution in [0.25, 0.3) is 0 Å². The molecule has 0 aliphatic carbocycles. The predicted molar refractivity (Wildman–Crippen MR) is 83.5 cm³/mol. The Morgan fingerprint density at radius 3 is 2.45 bits per heavy atom. The van der Waals surface area contributed by atoms with Gasteiger partial charge in [-0.15, -0.1) is 0 Å². The lowest BCUT2D eigenvalue weighted by molar-refractivity contribution is -0.140. The molecule has 0 saturated carbocycles. The largest absolute Gasteiger partial charge is 0.481 e. The van der Waals surface area contributed by atoms with Crippen LogP contribution < -0.4 is 4.90 Å². The Kier molecular flexibility index (Phi) is 6.02. The number of anilines is 1. The second kappa shape index (κ2) is 7.29. The number of nitrogens with zero attached hydrogens (tertiary/aromatic N) is 2. The van der Waals surface area contributed by atoms with E-state index in [-0.39, 0.29) is 5.92 Å². The highest BCUT2D eigenvalue weighted by Gasteiger charge is 2.18. The molecule has 1 aromatic carbocycles. The highest BCUT2D eigenvalue weighted by Crippen LogP contribution is 2.22. The van der Waals surface area contributed by atoms with Crippen LogP contribution in [-0.4, -0.2) is 49.7 Å². The van der Waals surface area contributed by atoms with Crippen molar-refractivity contribution in [3.05, 3.63) is 29.3 Å². The normalized spacial score (nSPS) is 12.5. The third kappa shape index (κ3) is 4.85. The molecule has 0 aromatic heterocycles. The van der Waals surface area contributed by atoms with Gasteiger partial charge in [-0.1, -0.05) is 19.1 Å². The molecule has 4 nitrogen and oxygen atoms in total. The SMILES string of the molecule is Cc1ccc(C)c(N(CCN(C)C)CC(C)C(=O)O)c1. The molecule has 1 unspecified atom stereocenters. The third-order valence-corrected chi connectivity index (χ3v) is 3.44. The summed E-state index contributed by atoms with van der Waals surface area (Å²) in [5.74, 6) is -1.12. The summed E-state index contributed by atoms with van der Waals surface area (Å²) in [6.07, 6.45) is 0. The van der Waals surface area contributed by atoms with Crippen LogP contribution in [0.5, 0.6) is 0 Å². The van der Waals surface area contributed by atoms with E-state index in [1.165, 1.54) is 11.1 Å². The molecule has 0 saturated heterocycles. The predicted octanol–water partition coefficient (Wildman–Crippen LogP) is 2.39. The lowest BCUT2D eigenvalue weighted by atomic mass is 10.1. The number of hydrogen-bond acceptors (Lipinski definition) is 3. The van der Waals surface area contributed by atoms with Crippen molar-refractivity contribution in [1.82, 2.24) is 4.90 Å². The molecule has 0 heterocycles. The van der Waals surface area contributed by atoms with Crippen molar-refractivity contribution in [3.63, 3.8) is 0 Å². The van der Waals surface area contributed by atoms with Crippen molar-refractivity contribution < 1.29 is 9.90 Å². The minimum absolute atomic E-state index is 0.378. The van der Waals surface area contributed by atoms with Gasteiger partial charge >= 0.3 is 5.97 Å². The summed E-state index contributed by atoms with van der Waals surface area (Å²) in [5.41, 5.74) is 3.52. The molecule has 20 heavy (non-hydrogen) atoms. The van der Waals surface area contributed by atoms with Gasteiger partial charge in [-0.25, -0.2) is 0 Å². The molecule has 0 fully saturated rings. The minimum atomic E-state index is -0.745. The summed E-state index contributed by atoms with van der Waals surface area (Å²) >= 11 is 0. The highest BCUT2D eigenvalue weighted by molar-refractivity contribution is 5.70. The Morgan fingerprint density at radius 1 is 1.25 bits per heavy atom. The molecule has 4 heteroatoms. The zero-order valence-corrected chi connectivity index (χ0v) is 13.2. The Bertz CT molecular complexity index is 458. The molecule has 1 N–H and O–H groups in total. The van der Waals surface area contributed by atoms with Crippen LogP contribution in [0.3, 0.4) is 0 Å². The maximum atomic E-state index is 11.1. The molecule has 0 aliphatic heterocycles. The van der Waals surface area contributed by atoms with Crippen LogP contribution in [0.2, 0.25) is 0 Å².